The second-order valence-electron chi connectivity index (χ2n) is 7.20. The molecule has 0 bridgehead atoms. The highest BCUT2D eigenvalue weighted by atomic mass is 32.2. The molecule has 3 aliphatic heterocycles. The lowest BCUT2D eigenvalue weighted by molar-refractivity contribution is -0.147. The third kappa shape index (κ3) is 2.03. The molecule has 21 heavy (non-hydrogen) atoms. The van der Waals surface area contributed by atoms with E-state index in [1.165, 1.54) is 25.7 Å². The Kier molecular flexibility index (Phi) is 3.25. The van der Waals surface area contributed by atoms with E-state index in [9.17, 15) is 9.59 Å². The van der Waals surface area contributed by atoms with Crippen LogP contribution in [0.5, 0.6) is 0 Å². The standard InChI is InChI=1S/C16H24N2O2S/c1-16-8-7-14(19)18(16)13(10-21-16)15(20)17-9-3-5-11-4-2-6-12(11)17/h11-13H,2-10H2,1H3/t11-,12-,13-,16-/m0/s1. The number of carbonyl (C=O) groups is 2. The largest absolute Gasteiger partial charge is 0.338 e. The van der Waals surface area contributed by atoms with E-state index in [1.54, 1.807) is 11.8 Å². The smallest absolute Gasteiger partial charge is 0.246 e. The van der Waals surface area contributed by atoms with Gasteiger partial charge in [-0.15, -0.1) is 11.8 Å². The second kappa shape index (κ2) is 4.90. The molecule has 5 heteroatoms. The summed E-state index contributed by atoms with van der Waals surface area (Å²) in [6.07, 6.45) is 7.65. The number of amides is 2. The summed E-state index contributed by atoms with van der Waals surface area (Å²) in [4.78, 5) is 29.3. The summed E-state index contributed by atoms with van der Waals surface area (Å²) < 4.78 is 0. The first-order valence-electron chi connectivity index (χ1n) is 8.37. The van der Waals surface area contributed by atoms with E-state index in [4.69, 9.17) is 0 Å². The maximum atomic E-state index is 13.1. The Hall–Kier alpha value is -0.710. The van der Waals surface area contributed by atoms with E-state index in [-0.39, 0.29) is 22.7 Å². The fourth-order valence-corrected chi connectivity index (χ4v) is 6.35. The van der Waals surface area contributed by atoms with Crippen LogP contribution in [-0.4, -0.2) is 50.9 Å². The Bertz CT molecular complexity index is 483. The van der Waals surface area contributed by atoms with Gasteiger partial charge in [0, 0.05) is 24.8 Å². The molecule has 3 heterocycles. The minimum Gasteiger partial charge on any atom is -0.338 e. The summed E-state index contributed by atoms with van der Waals surface area (Å²) in [5.74, 6) is 1.92. The van der Waals surface area contributed by atoms with Gasteiger partial charge in [-0.3, -0.25) is 9.59 Å². The first-order valence-corrected chi connectivity index (χ1v) is 9.35. The van der Waals surface area contributed by atoms with Crippen LogP contribution < -0.4 is 0 Å². The van der Waals surface area contributed by atoms with Crippen LogP contribution in [-0.2, 0) is 9.59 Å². The lowest BCUT2D eigenvalue weighted by Gasteiger charge is -2.41. The van der Waals surface area contributed by atoms with Gasteiger partial charge in [-0.25, -0.2) is 0 Å². The summed E-state index contributed by atoms with van der Waals surface area (Å²) in [7, 11) is 0. The van der Waals surface area contributed by atoms with Gasteiger partial charge >= 0.3 is 0 Å². The molecule has 0 spiro atoms. The third-order valence-electron chi connectivity index (χ3n) is 6.01. The van der Waals surface area contributed by atoms with Crippen molar-refractivity contribution >= 4 is 23.6 Å². The third-order valence-corrected chi connectivity index (χ3v) is 7.51. The molecule has 4 rings (SSSR count). The number of likely N-dealkylation sites (tertiary alicyclic amines) is 1. The molecule has 4 atom stereocenters. The molecule has 0 radical (unpaired) electrons. The van der Waals surface area contributed by atoms with Crippen molar-refractivity contribution in [2.24, 2.45) is 5.92 Å². The maximum absolute atomic E-state index is 13.1. The predicted octanol–water partition coefficient (Wildman–Crippen LogP) is 2.23. The zero-order valence-electron chi connectivity index (χ0n) is 12.7. The van der Waals surface area contributed by atoms with Crippen molar-refractivity contribution < 1.29 is 9.59 Å². The summed E-state index contributed by atoms with van der Waals surface area (Å²) in [5, 5.41) is 0. The van der Waals surface area contributed by atoms with Crippen LogP contribution >= 0.6 is 11.8 Å². The van der Waals surface area contributed by atoms with Gasteiger partial charge in [0.25, 0.3) is 0 Å². The van der Waals surface area contributed by atoms with Gasteiger partial charge in [0.05, 0.1) is 4.87 Å². The molecule has 3 saturated heterocycles. The van der Waals surface area contributed by atoms with Crippen molar-refractivity contribution in [3.63, 3.8) is 0 Å². The lowest BCUT2D eigenvalue weighted by Crippen LogP contribution is -2.55. The average molecular weight is 308 g/mol. The zero-order chi connectivity index (χ0) is 14.6. The molecular formula is C16H24N2O2S. The van der Waals surface area contributed by atoms with Crippen LogP contribution in [0.15, 0.2) is 0 Å². The SMILES string of the molecule is C[C@]12CCC(=O)N1[C@H](C(=O)N1CCC[C@@H]3CCC[C@@H]31)CS2. The Labute approximate surface area is 130 Å². The Morgan fingerprint density at radius 3 is 2.95 bits per heavy atom. The molecule has 1 saturated carbocycles. The molecular weight excluding hydrogens is 284 g/mol. The van der Waals surface area contributed by atoms with Crippen molar-refractivity contribution in [3.8, 4) is 0 Å². The van der Waals surface area contributed by atoms with Gasteiger partial charge in [0.1, 0.15) is 6.04 Å². The van der Waals surface area contributed by atoms with Crippen molar-refractivity contribution in [1.82, 2.24) is 9.80 Å². The summed E-state index contributed by atoms with van der Waals surface area (Å²) in [6.45, 7) is 3.03. The number of nitrogens with zero attached hydrogens (tertiary/aromatic N) is 2. The van der Waals surface area contributed by atoms with Gasteiger partial charge in [-0.05, 0) is 44.9 Å². The molecule has 4 fully saturated rings. The fourth-order valence-electron chi connectivity index (χ4n) is 4.92. The van der Waals surface area contributed by atoms with Crippen LogP contribution in [0, 0.1) is 5.92 Å². The van der Waals surface area contributed by atoms with Gasteiger partial charge < -0.3 is 9.80 Å². The van der Waals surface area contributed by atoms with E-state index in [1.807, 2.05) is 4.90 Å². The van der Waals surface area contributed by atoms with E-state index < -0.39 is 0 Å². The quantitative estimate of drug-likeness (QED) is 0.746. The van der Waals surface area contributed by atoms with Crippen LogP contribution in [0.25, 0.3) is 0 Å². The van der Waals surface area contributed by atoms with Gasteiger partial charge in [-0.1, -0.05) is 6.42 Å². The Morgan fingerprint density at radius 2 is 2.10 bits per heavy atom. The normalized spacial score (nSPS) is 42.3. The van der Waals surface area contributed by atoms with Gasteiger partial charge in [-0.2, -0.15) is 0 Å². The van der Waals surface area contributed by atoms with Crippen molar-refractivity contribution in [2.45, 2.75) is 68.8 Å². The highest BCUT2D eigenvalue weighted by Gasteiger charge is 2.54. The predicted molar refractivity (Wildman–Crippen MR) is 82.8 cm³/mol. The fraction of sp³-hybridized carbons (Fsp3) is 0.875. The molecule has 2 amide bonds. The molecule has 4 aliphatic rings. The number of rotatable bonds is 1. The van der Waals surface area contributed by atoms with Crippen LogP contribution in [0.2, 0.25) is 0 Å². The topological polar surface area (TPSA) is 40.6 Å². The van der Waals surface area contributed by atoms with E-state index in [0.717, 1.165) is 31.1 Å². The second-order valence-corrected chi connectivity index (χ2v) is 8.70. The van der Waals surface area contributed by atoms with Crippen LogP contribution in [0.1, 0.15) is 51.9 Å². The van der Waals surface area contributed by atoms with Crippen molar-refractivity contribution in [2.75, 3.05) is 12.3 Å². The van der Waals surface area contributed by atoms with E-state index in [0.29, 0.717) is 12.5 Å². The molecule has 0 aromatic heterocycles. The van der Waals surface area contributed by atoms with Gasteiger partial charge in [0.15, 0.2) is 0 Å². The monoisotopic (exact) mass is 308 g/mol. The molecule has 0 aromatic rings. The summed E-state index contributed by atoms with van der Waals surface area (Å²) >= 11 is 1.80. The first kappa shape index (κ1) is 13.9. The highest BCUT2D eigenvalue weighted by Crippen LogP contribution is 2.48. The van der Waals surface area contributed by atoms with Crippen LogP contribution in [0.4, 0.5) is 0 Å². The number of hydrogen-bond donors (Lipinski definition) is 0. The Balaban J connectivity index is 1.56. The summed E-state index contributed by atoms with van der Waals surface area (Å²) in [5.41, 5.74) is 0. The zero-order valence-corrected chi connectivity index (χ0v) is 13.5. The number of thioether (sulfide) groups is 1. The maximum Gasteiger partial charge on any atom is 0.246 e. The van der Waals surface area contributed by atoms with Crippen molar-refractivity contribution in [3.05, 3.63) is 0 Å². The number of carbonyl (C=O) groups excluding carboxylic acids is 2. The molecule has 0 aromatic carbocycles. The molecule has 0 N–H and O–H groups in total. The number of fused-ring (bicyclic) bond motifs is 2. The number of piperidine rings is 1. The minimum atomic E-state index is -0.200. The summed E-state index contributed by atoms with van der Waals surface area (Å²) in [6, 6.07) is 0.259. The molecule has 116 valence electrons. The van der Waals surface area contributed by atoms with Gasteiger partial charge in [0.2, 0.25) is 11.8 Å². The van der Waals surface area contributed by atoms with E-state index in [2.05, 4.69) is 11.8 Å². The average Bonchev–Trinajstić information content (AvgIpc) is 3.14. The highest BCUT2D eigenvalue weighted by molar-refractivity contribution is 8.01. The van der Waals surface area contributed by atoms with Crippen molar-refractivity contribution in [1.29, 1.82) is 0 Å². The van der Waals surface area contributed by atoms with Crippen LogP contribution in [0.3, 0.4) is 0 Å². The molecule has 4 nitrogen and oxygen atoms in total. The minimum absolute atomic E-state index is 0.123. The van der Waals surface area contributed by atoms with E-state index >= 15 is 0 Å². The molecule has 1 aliphatic carbocycles. The first-order chi connectivity index (χ1) is 10.1. The Morgan fingerprint density at radius 1 is 1.29 bits per heavy atom. The number of hydrogen-bond acceptors (Lipinski definition) is 3. The lowest BCUT2D eigenvalue weighted by atomic mass is 9.91. The molecule has 0 unspecified atom stereocenters.